The third kappa shape index (κ3) is 2.05. The van der Waals surface area contributed by atoms with Crippen molar-refractivity contribution >= 4 is 16.9 Å². The molecule has 0 unspecified atom stereocenters. The molecule has 22 heavy (non-hydrogen) atoms. The predicted octanol–water partition coefficient (Wildman–Crippen LogP) is 2.23. The molecule has 112 valence electrons. The van der Waals surface area contributed by atoms with Gasteiger partial charge in [0.25, 0.3) is 0 Å². The lowest BCUT2D eigenvalue weighted by atomic mass is 10.0. The Labute approximate surface area is 128 Å². The lowest BCUT2D eigenvalue weighted by Gasteiger charge is -2.07. The van der Waals surface area contributed by atoms with Gasteiger partial charge in [-0.05, 0) is 48.9 Å². The monoisotopic (exact) mass is 294 g/mol. The summed E-state index contributed by atoms with van der Waals surface area (Å²) in [5, 5.41) is 10.3. The van der Waals surface area contributed by atoms with Crippen molar-refractivity contribution in [3.8, 4) is 11.3 Å². The molecule has 2 heterocycles. The standard InChI is InChI=1S/C17H18N4O/c18-17-19-9-11-2-1-3-14-15(16(11)21-17)12-8-10(6-7-22)4-5-13(12)20-14/h4-5,8-9,20,22H,1-3,6-7H2,(H2,18,19,21). The molecular formula is C17H18N4O. The fourth-order valence-corrected chi connectivity index (χ4v) is 3.31. The zero-order chi connectivity index (χ0) is 15.1. The number of hydrogen-bond donors (Lipinski definition) is 3. The summed E-state index contributed by atoms with van der Waals surface area (Å²) < 4.78 is 0. The summed E-state index contributed by atoms with van der Waals surface area (Å²) in [6.07, 6.45) is 5.55. The van der Waals surface area contributed by atoms with Gasteiger partial charge < -0.3 is 15.8 Å². The Balaban J connectivity index is 2.01. The van der Waals surface area contributed by atoms with Gasteiger partial charge >= 0.3 is 0 Å². The normalized spacial score (nSPS) is 13.7. The molecule has 0 fully saturated rings. The van der Waals surface area contributed by atoms with Crippen LogP contribution in [0.4, 0.5) is 5.95 Å². The van der Waals surface area contributed by atoms with E-state index in [9.17, 15) is 5.11 Å². The van der Waals surface area contributed by atoms with Crippen LogP contribution in [0.2, 0.25) is 0 Å². The van der Waals surface area contributed by atoms with Crippen molar-refractivity contribution in [1.82, 2.24) is 15.0 Å². The number of rotatable bonds is 2. The first kappa shape index (κ1) is 13.3. The van der Waals surface area contributed by atoms with Crippen LogP contribution in [0.3, 0.4) is 0 Å². The molecule has 0 bridgehead atoms. The number of nitrogens with two attached hydrogens (primary N) is 1. The Morgan fingerprint density at radius 1 is 1.27 bits per heavy atom. The van der Waals surface area contributed by atoms with Crippen LogP contribution < -0.4 is 5.73 Å². The van der Waals surface area contributed by atoms with Crippen molar-refractivity contribution < 1.29 is 5.11 Å². The van der Waals surface area contributed by atoms with E-state index in [0.717, 1.165) is 52.5 Å². The van der Waals surface area contributed by atoms with E-state index in [-0.39, 0.29) is 6.61 Å². The van der Waals surface area contributed by atoms with E-state index in [1.807, 2.05) is 6.20 Å². The number of benzene rings is 1. The Morgan fingerprint density at radius 3 is 3.05 bits per heavy atom. The maximum absolute atomic E-state index is 9.18. The molecule has 0 amide bonds. The van der Waals surface area contributed by atoms with Crippen LogP contribution in [0.25, 0.3) is 22.2 Å². The Hall–Kier alpha value is -2.40. The number of H-pyrrole nitrogens is 1. The fourth-order valence-electron chi connectivity index (χ4n) is 3.31. The van der Waals surface area contributed by atoms with E-state index in [1.54, 1.807) is 0 Å². The summed E-state index contributed by atoms with van der Waals surface area (Å²) >= 11 is 0. The van der Waals surface area contributed by atoms with Crippen molar-refractivity contribution in [2.75, 3.05) is 12.3 Å². The first-order chi connectivity index (χ1) is 10.8. The Kier molecular flexibility index (Phi) is 3.08. The van der Waals surface area contributed by atoms with Crippen molar-refractivity contribution in [1.29, 1.82) is 0 Å². The predicted molar refractivity (Wildman–Crippen MR) is 86.6 cm³/mol. The van der Waals surface area contributed by atoms with Crippen LogP contribution in [0.5, 0.6) is 0 Å². The van der Waals surface area contributed by atoms with Crippen LogP contribution >= 0.6 is 0 Å². The number of aromatic amines is 1. The number of aliphatic hydroxyl groups is 1. The van der Waals surface area contributed by atoms with E-state index in [4.69, 9.17) is 5.73 Å². The van der Waals surface area contributed by atoms with E-state index in [0.29, 0.717) is 12.4 Å². The van der Waals surface area contributed by atoms with Crippen molar-refractivity contribution in [3.05, 3.63) is 41.2 Å². The average molecular weight is 294 g/mol. The Bertz CT molecular complexity index is 853. The van der Waals surface area contributed by atoms with Gasteiger partial charge in [0.2, 0.25) is 5.95 Å². The minimum absolute atomic E-state index is 0.157. The van der Waals surface area contributed by atoms with Gasteiger partial charge in [-0.25, -0.2) is 9.97 Å². The number of nitrogens with one attached hydrogen (secondary N) is 1. The molecule has 3 aromatic rings. The van der Waals surface area contributed by atoms with Crippen LogP contribution in [0.15, 0.2) is 24.4 Å². The summed E-state index contributed by atoms with van der Waals surface area (Å²) in [4.78, 5) is 12.2. The highest BCUT2D eigenvalue weighted by Gasteiger charge is 2.21. The van der Waals surface area contributed by atoms with Crippen molar-refractivity contribution in [2.24, 2.45) is 0 Å². The van der Waals surface area contributed by atoms with Crippen LogP contribution in [0.1, 0.15) is 23.2 Å². The van der Waals surface area contributed by atoms with Crippen molar-refractivity contribution in [2.45, 2.75) is 25.7 Å². The van der Waals surface area contributed by atoms with Gasteiger partial charge in [-0.1, -0.05) is 6.07 Å². The van der Waals surface area contributed by atoms with Gasteiger partial charge in [-0.3, -0.25) is 0 Å². The molecule has 0 spiro atoms. The zero-order valence-corrected chi connectivity index (χ0v) is 12.3. The number of aryl methyl sites for hydroxylation is 2. The second-order valence-electron chi connectivity index (χ2n) is 5.79. The number of hydrogen-bond acceptors (Lipinski definition) is 4. The molecule has 0 aliphatic heterocycles. The molecule has 4 N–H and O–H groups in total. The van der Waals surface area contributed by atoms with Crippen LogP contribution in [-0.2, 0) is 19.3 Å². The number of nitrogens with zero attached hydrogens (tertiary/aromatic N) is 2. The quantitative estimate of drug-likeness (QED) is 0.676. The molecule has 0 radical (unpaired) electrons. The maximum Gasteiger partial charge on any atom is 0.220 e. The average Bonchev–Trinajstić information content (AvgIpc) is 2.77. The molecule has 1 aliphatic carbocycles. The lowest BCUT2D eigenvalue weighted by molar-refractivity contribution is 0.299. The van der Waals surface area contributed by atoms with Gasteiger partial charge in [0.05, 0.1) is 5.69 Å². The summed E-state index contributed by atoms with van der Waals surface area (Å²) in [5.74, 6) is 0.312. The molecule has 2 aromatic heterocycles. The van der Waals surface area contributed by atoms with Gasteiger partial charge in [0.1, 0.15) is 0 Å². The molecule has 5 nitrogen and oxygen atoms in total. The lowest BCUT2D eigenvalue weighted by Crippen LogP contribution is -2.00. The summed E-state index contributed by atoms with van der Waals surface area (Å²) in [7, 11) is 0. The number of aromatic nitrogens is 3. The smallest absolute Gasteiger partial charge is 0.220 e. The Morgan fingerprint density at radius 2 is 2.18 bits per heavy atom. The minimum Gasteiger partial charge on any atom is -0.396 e. The first-order valence-electron chi connectivity index (χ1n) is 7.62. The van der Waals surface area contributed by atoms with Crippen LogP contribution in [-0.4, -0.2) is 26.7 Å². The van der Waals surface area contributed by atoms with Gasteiger partial charge in [0, 0.05) is 35.0 Å². The number of anilines is 1. The van der Waals surface area contributed by atoms with E-state index in [2.05, 4.69) is 33.2 Å². The summed E-state index contributed by atoms with van der Waals surface area (Å²) in [6.45, 7) is 0.157. The van der Waals surface area contributed by atoms with Crippen LogP contribution in [0, 0.1) is 0 Å². The second-order valence-corrected chi connectivity index (χ2v) is 5.79. The summed E-state index contributed by atoms with van der Waals surface area (Å²) in [5.41, 5.74) is 12.5. The fraction of sp³-hybridized carbons (Fsp3) is 0.294. The third-order valence-electron chi connectivity index (χ3n) is 4.33. The minimum atomic E-state index is 0.157. The summed E-state index contributed by atoms with van der Waals surface area (Å²) in [6, 6.07) is 6.29. The second kappa shape index (κ2) is 5.10. The molecule has 0 saturated carbocycles. The maximum atomic E-state index is 9.18. The molecule has 1 aromatic carbocycles. The van der Waals surface area contributed by atoms with E-state index < -0.39 is 0 Å². The van der Waals surface area contributed by atoms with E-state index in [1.165, 1.54) is 5.69 Å². The largest absolute Gasteiger partial charge is 0.396 e. The van der Waals surface area contributed by atoms with Gasteiger partial charge in [-0.15, -0.1) is 0 Å². The molecule has 5 heteroatoms. The van der Waals surface area contributed by atoms with E-state index >= 15 is 0 Å². The van der Waals surface area contributed by atoms with Gasteiger partial charge in [0.15, 0.2) is 0 Å². The van der Waals surface area contributed by atoms with Crippen molar-refractivity contribution in [3.63, 3.8) is 0 Å². The van der Waals surface area contributed by atoms with Gasteiger partial charge in [-0.2, -0.15) is 0 Å². The highest BCUT2D eigenvalue weighted by atomic mass is 16.2. The molecule has 0 saturated heterocycles. The third-order valence-corrected chi connectivity index (χ3v) is 4.33. The topological polar surface area (TPSA) is 87.8 Å². The SMILES string of the molecule is Nc1ncc2c(n1)-c1c([nH]c3ccc(CCO)cc13)CCC2. The molecular weight excluding hydrogens is 276 g/mol. The highest BCUT2D eigenvalue weighted by Crippen LogP contribution is 2.37. The molecule has 0 atom stereocenters. The first-order valence-corrected chi connectivity index (χ1v) is 7.62. The number of fused-ring (bicyclic) bond motifs is 5. The highest BCUT2D eigenvalue weighted by molar-refractivity contribution is 5.98. The molecule has 4 rings (SSSR count). The number of nitrogen functional groups attached to an aromatic ring is 1. The number of aliphatic hydroxyl groups excluding tert-OH is 1. The molecule has 1 aliphatic rings. The zero-order valence-electron chi connectivity index (χ0n) is 12.3.